The van der Waals surface area contributed by atoms with Crippen LogP contribution in [0.15, 0.2) is 133 Å². The van der Waals surface area contributed by atoms with Gasteiger partial charge in [-0.15, -0.1) is 0 Å². The minimum absolute atomic E-state index is 0.119. The van der Waals surface area contributed by atoms with Crippen LogP contribution < -0.4 is 4.90 Å². The van der Waals surface area contributed by atoms with Crippen LogP contribution in [0.2, 0.25) is 0 Å². The average molecular weight is 782 g/mol. The molecule has 0 aliphatic heterocycles. The number of hydrogen-bond acceptors (Lipinski definition) is 1. The van der Waals surface area contributed by atoms with Gasteiger partial charge in [-0.1, -0.05) is 191 Å². The van der Waals surface area contributed by atoms with Crippen molar-refractivity contribution in [2.45, 2.75) is 142 Å². The van der Waals surface area contributed by atoms with E-state index in [-0.39, 0.29) is 28.1 Å². The van der Waals surface area contributed by atoms with E-state index in [9.17, 15) is 0 Å². The highest BCUT2D eigenvalue weighted by molar-refractivity contribution is 5.89. The third-order valence-corrected chi connectivity index (χ3v) is 15.4. The Bertz CT molecular complexity index is 2180. The molecule has 8 rings (SSSR count). The smallest absolute Gasteiger partial charge is 0.0538 e. The molecule has 0 heterocycles. The first-order valence-corrected chi connectivity index (χ1v) is 23.5. The van der Waals surface area contributed by atoms with Gasteiger partial charge < -0.3 is 4.90 Å². The molecule has 0 saturated carbocycles. The first-order valence-electron chi connectivity index (χ1n) is 23.5. The maximum absolute atomic E-state index is 2.71. The molecule has 4 aromatic rings. The molecule has 0 amide bonds. The lowest BCUT2D eigenvalue weighted by molar-refractivity contribution is 0.380. The zero-order valence-electron chi connectivity index (χ0n) is 37.8. The van der Waals surface area contributed by atoms with E-state index < -0.39 is 0 Å². The van der Waals surface area contributed by atoms with Crippen molar-refractivity contribution < 1.29 is 0 Å². The standard InChI is InChI=1S/C58H71N/c1-10-56(8,36-18-20-40(3)4)43-30-34-47-48-35-31-44(57(9,11-2)37-19-21-41(5)6)39-53(48)58(52(47)38-43)50-25-16-15-24-49(50)55-51(58)26-17-27-54(55)59(45-22-13-12-14-23-45)46-32-28-42(7)29-33-46/h12-17,22-28,30-35,38-42,49-50H,10-11,18-21,29,36-37H2,1-9H3. The van der Waals surface area contributed by atoms with Gasteiger partial charge >= 0.3 is 0 Å². The third kappa shape index (κ3) is 7.23. The number of anilines is 2. The van der Waals surface area contributed by atoms with Crippen LogP contribution in [0.25, 0.3) is 11.1 Å². The highest BCUT2D eigenvalue weighted by atomic mass is 15.2. The second kappa shape index (κ2) is 16.6. The summed E-state index contributed by atoms with van der Waals surface area (Å²) in [7, 11) is 0. The molecular weight excluding hydrogens is 711 g/mol. The van der Waals surface area contributed by atoms with Crippen LogP contribution in [0.3, 0.4) is 0 Å². The van der Waals surface area contributed by atoms with Gasteiger partial charge in [0.1, 0.15) is 0 Å². The van der Waals surface area contributed by atoms with Gasteiger partial charge in [0.2, 0.25) is 0 Å². The van der Waals surface area contributed by atoms with Gasteiger partial charge in [0.05, 0.1) is 11.1 Å². The van der Waals surface area contributed by atoms with Gasteiger partial charge in [-0.05, 0) is 129 Å². The molecule has 1 heteroatoms. The number of fused-ring (bicyclic) bond motifs is 10. The van der Waals surface area contributed by atoms with Crippen molar-refractivity contribution in [2.75, 3.05) is 4.90 Å². The van der Waals surface area contributed by atoms with E-state index in [2.05, 4.69) is 195 Å². The Kier molecular flexibility index (Phi) is 11.6. The van der Waals surface area contributed by atoms with Gasteiger partial charge in [-0.25, -0.2) is 0 Å². The van der Waals surface area contributed by atoms with Gasteiger partial charge in [-0.3, -0.25) is 0 Å². The van der Waals surface area contributed by atoms with Crippen molar-refractivity contribution in [1.29, 1.82) is 0 Å². The Morgan fingerprint density at radius 1 is 0.678 bits per heavy atom. The van der Waals surface area contributed by atoms with Crippen LogP contribution >= 0.6 is 0 Å². The highest BCUT2D eigenvalue weighted by Gasteiger charge is 2.58. The van der Waals surface area contributed by atoms with E-state index in [1.54, 1.807) is 0 Å². The maximum atomic E-state index is 2.71. The molecule has 4 aromatic carbocycles. The normalized spacial score (nSPS) is 23.2. The quantitative estimate of drug-likeness (QED) is 0.116. The van der Waals surface area contributed by atoms with Crippen LogP contribution in [-0.2, 0) is 16.2 Å². The number of benzene rings is 4. The summed E-state index contributed by atoms with van der Waals surface area (Å²) in [5, 5.41) is 0. The van der Waals surface area contributed by atoms with Crippen LogP contribution in [0.4, 0.5) is 11.4 Å². The Morgan fingerprint density at radius 3 is 1.81 bits per heavy atom. The molecule has 0 N–H and O–H groups in total. The maximum Gasteiger partial charge on any atom is 0.0538 e. The van der Waals surface area contributed by atoms with Crippen molar-refractivity contribution in [2.24, 2.45) is 23.7 Å². The van der Waals surface area contributed by atoms with Crippen molar-refractivity contribution in [3.63, 3.8) is 0 Å². The van der Waals surface area contributed by atoms with Gasteiger partial charge in [-0.2, -0.15) is 0 Å². The molecule has 59 heavy (non-hydrogen) atoms. The predicted molar refractivity (Wildman–Crippen MR) is 255 cm³/mol. The fourth-order valence-corrected chi connectivity index (χ4v) is 11.4. The molecule has 0 fully saturated rings. The second-order valence-electron chi connectivity index (χ2n) is 20.2. The van der Waals surface area contributed by atoms with E-state index in [0.29, 0.717) is 5.92 Å². The molecule has 1 nitrogen and oxygen atoms in total. The van der Waals surface area contributed by atoms with Crippen LogP contribution in [0.1, 0.15) is 159 Å². The summed E-state index contributed by atoms with van der Waals surface area (Å²) in [5.74, 6) is 2.50. The third-order valence-electron chi connectivity index (χ3n) is 15.4. The van der Waals surface area contributed by atoms with E-state index in [0.717, 1.165) is 31.1 Å². The molecule has 4 aliphatic rings. The summed E-state index contributed by atoms with van der Waals surface area (Å²) in [5.41, 5.74) is 15.6. The van der Waals surface area contributed by atoms with E-state index in [1.165, 1.54) is 100 Å². The average Bonchev–Trinajstić information content (AvgIpc) is 3.71. The second-order valence-corrected chi connectivity index (χ2v) is 20.2. The van der Waals surface area contributed by atoms with Crippen molar-refractivity contribution in [3.05, 3.63) is 167 Å². The summed E-state index contributed by atoms with van der Waals surface area (Å²) in [6.45, 7) is 21.7. The fraction of sp³-hybridized carbons (Fsp3) is 0.448. The number of nitrogens with zero attached hydrogens (tertiary/aromatic N) is 1. The molecular formula is C58H71N. The fourth-order valence-electron chi connectivity index (χ4n) is 11.4. The van der Waals surface area contributed by atoms with E-state index >= 15 is 0 Å². The summed E-state index contributed by atoms with van der Waals surface area (Å²) in [4.78, 5) is 2.57. The summed E-state index contributed by atoms with van der Waals surface area (Å²) in [6, 6.07) is 33.9. The van der Waals surface area contributed by atoms with Crippen LogP contribution in [0.5, 0.6) is 0 Å². The van der Waals surface area contributed by atoms with Gasteiger partial charge in [0.15, 0.2) is 0 Å². The SMILES string of the molecule is CCC(C)(CCCC(C)C)c1ccc2c(c1)C1(c3cc(C(C)(CC)CCCC(C)C)ccc3-2)c2cccc(N(C3=CCC(C)C=C3)c3ccccc3)c2C2C=CC=CC21. The largest absolute Gasteiger partial charge is 0.311 e. The monoisotopic (exact) mass is 782 g/mol. The zero-order valence-corrected chi connectivity index (χ0v) is 37.8. The first-order chi connectivity index (χ1) is 28.4. The predicted octanol–water partition coefficient (Wildman–Crippen LogP) is 16.4. The lowest BCUT2D eigenvalue weighted by atomic mass is 9.63. The number of para-hydroxylation sites is 1. The molecule has 5 atom stereocenters. The minimum Gasteiger partial charge on any atom is -0.311 e. The summed E-state index contributed by atoms with van der Waals surface area (Å²) >= 11 is 0. The number of rotatable bonds is 15. The summed E-state index contributed by atoms with van der Waals surface area (Å²) < 4.78 is 0. The van der Waals surface area contributed by atoms with E-state index in [1.807, 2.05) is 0 Å². The molecule has 0 radical (unpaired) electrons. The highest BCUT2D eigenvalue weighted by Crippen LogP contribution is 2.67. The molecule has 308 valence electrons. The topological polar surface area (TPSA) is 3.24 Å². The Hall–Kier alpha value is -4.36. The molecule has 4 aliphatic carbocycles. The Labute approximate surface area is 358 Å². The van der Waals surface area contributed by atoms with Crippen molar-refractivity contribution in [3.8, 4) is 11.1 Å². The molecule has 0 aromatic heterocycles. The molecule has 0 saturated heterocycles. The van der Waals surface area contributed by atoms with Gasteiger partial charge in [0.25, 0.3) is 0 Å². The van der Waals surface area contributed by atoms with Crippen molar-refractivity contribution in [1.82, 2.24) is 0 Å². The van der Waals surface area contributed by atoms with E-state index in [4.69, 9.17) is 0 Å². The Morgan fingerprint density at radius 2 is 1.27 bits per heavy atom. The molecule has 0 bridgehead atoms. The molecule has 1 spiro atoms. The van der Waals surface area contributed by atoms with Crippen LogP contribution in [-0.4, -0.2) is 0 Å². The lowest BCUT2D eigenvalue weighted by Gasteiger charge is -2.38. The minimum atomic E-state index is -0.319. The lowest BCUT2D eigenvalue weighted by Crippen LogP contribution is -2.34. The Balaban J connectivity index is 1.39. The van der Waals surface area contributed by atoms with Crippen molar-refractivity contribution >= 4 is 11.4 Å². The van der Waals surface area contributed by atoms with Gasteiger partial charge in [0, 0.05) is 23.2 Å². The number of allylic oxidation sites excluding steroid dienone is 7. The number of hydrogen-bond donors (Lipinski definition) is 0. The first kappa shape index (κ1) is 41.4. The van der Waals surface area contributed by atoms with Crippen LogP contribution in [0, 0.1) is 23.7 Å². The molecule has 5 unspecified atom stereocenters. The zero-order chi connectivity index (χ0) is 41.5. The summed E-state index contributed by atoms with van der Waals surface area (Å²) in [6.07, 6.45) is 27.9.